The molecule has 252 valence electrons. The van der Waals surface area contributed by atoms with Crippen molar-refractivity contribution in [2.75, 3.05) is 24.9 Å². The summed E-state index contributed by atoms with van der Waals surface area (Å²) in [7, 11) is 3.06. The average molecular weight is 695 g/mol. The number of fused-ring (bicyclic) bond motifs is 1. The second-order valence-corrected chi connectivity index (χ2v) is 14.0. The van der Waals surface area contributed by atoms with Crippen molar-refractivity contribution in [1.29, 1.82) is 5.26 Å². The second kappa shape index (κ2) is 16.4. The van der Waals surface area contributed by atoms with Crippen molar-refractivity contribution >= 4 is 57.6 Å². The van der Waals surface area contributed by atoms with Crippen LogP contribution >= 0.6 is 23.1 Å². The number of nitrogens with one attached hydrogen (secondary N) is 3. The summed E-state index contributed by atoms with van der Waals surface area (Å²) < 4.78 is 10.8. The number of benzene rings is 3. The number of thioether (sulfide) groups is 1. The maximum atomic E-state index is 13.7. The Hall–Kier alpha value is -5.05. The first kappa shape index (κ1) is 35.3. The molecule has 0 fully saturated rings. The van der Waals surface area contributed by atoms with Gasteiger partial charge < -0.3 is 25.4 Å². The predicted molar refractivity (Wildman–Crippen MR) is 195 cm³/mol. The molecule has 49 heavy (non-hydrogen) atoms. The Morgan fingerprint density at radius 1 is 1.04 bits per heavy atom. The van der Waals surface area contributed by atoms with E-state index in [4.69, 9.17) is 9.47 Å². The number of carbonyl (C=O) groups excluding carboxylic acids is 3. The van der Waals surface area contributed by atoms with Gasteiger partial charge in [0.25, 0.3) is 11.8 Å². The Kier molecular flexibility index (Phi) is 11.8. The summed E-state index contributed by atoms with van der Waals surface area (Å²) >= 11 is 2.89. The largest absolute Gasteiger partial charge is 0.497 e. The average Bonchev–Trinajstić information content (AvgIpc) is 3.46. The molecule has 1 aromatic heterocycles. The summed E-state index contributed by atoms with van der Waals surface area (Å²) in [5.41, 5.74) is 3.10. The third-order valence-corrected chi connectivity index (χ3v) is 10.7. The number of nitrogens with zero attached hydrogens (tertiary/aromatic N) is 1. The van der Waals surface area contributed by atoms with Gasteiger partial charge in [-0.3, -0.25) is 14.4 Å². The number of hydrogen-bond donors (Lipinski definition) is 3. The molecule has 0 saturated heterocycles. The molecule has 0 spiro atoms. The van der Waals surface area contributed by atoms with Crippen LogP contribution in [0.15, 0.2) is 83.4 Å². The van der Waals surface area contributed by atoms with Gasteiger partial charge in [-0.15, -0.1) is 23.1 Å². The Morgan fingerprint density at radius 3 is 2.55 bits per heavy atom. The predicted octanol–water partition coefficient (Wildman–Crippen LogP) is 7.68. The molecule has 4 aromatic rings. The van der Waals surface area contributed by atoms with Crippen LogP contribution in [0.4, 0.5) is 10.7 Å². The zero-order valence-electron chi connectivity index (χ0n) is 27.8. The van der Waals surface area contributed by atoms with E-state index in [2.05, 4.69) is 28.9 Å². The van der Waals surface area contributed by atoms with Crippen LogP contribution in [0.3, 0.4) is 0 Å². The topological polar surface area (TPSA) is 130 Å². The fourth-order valence-electron chi connectivity index (χ4n) is 5.52. The van der Waals surface area contributed by atoms with Gasteiger partial charge >= 0.3 is 0 Å². The summed E-state index contributed by atoms with van der Waals surface area (Å²) in [6, 6.07) is 23.3. The lowest BCUT2D eigenvalue weighted by Gasteiger charge is -2.17. The molecule has 5 rings (SSSR count). The molecule has 11 heteroatoms. The molecule has 0 saturated carbocycles. The van der Waals surface area contributed by atoms with Crippen molar-refractivity contribution in [3.63, 3.8) is 0 Å². The first-order valence-electron chi connectivity index (χ1n) is 16.0. The number of anilines is 2. The molecule has 3 aromatic carbocycles. The molecule has 0 radical (unpaired) electrons. The van der Waals surface area contributed by atoms with Gasteiger partial charge in [0.1, 0.15) is 28.3 Å². The number of rotatable bonds is 12. The highest BCUT2D eigenvalue weighted by Crippen LogP contribution is 2.40. The molecule has 2 atom stereocenters. The minimum Gasteiger partial charge on any atom is -0.497 e. The number of thiophene rings is 1. The Labute approximate surface area is 294 Å². The van der Waals surface area contributed by atoms with E-state index in [1.54, 1.807) is 79.9 Å². The minimum atomic E-state index is -0.547. The lowest BCUT2D eigenvalue weighted by atomic mass is 9.88. The standard InChI is InChI=1S/C38H38N4O5S2/c1-5-33(37(45)42-38-30(22-39)29-17-14-23(2)18-34(29)49-38)48-28-13-9-12-26(20-28)40-36(44)31(41-35(43)24-10-7-6-8-11-24)19-25-15-16-27(46-3)21-32(25)47-4/h6-13,15-16,19-21,23,33H,5,14,17-18H2,1-4H3,(H,40,44)(H,41,43)(H,42,45)/b31-19+. The molecule has 1 heterocycles. The first-order valence-corrected chi connectivity index (χ1v) is 17.7. The molecule has 1 aliphatic carbocycles. The lowest BCUT2D eigenvalue weighted by Crippen LogP contribution is -2.30. The Morgan fingerprint density at radius 2 is 1.84 bits per heavy atom. The highest BCUT2D eigenvalue weighted by molar-refractivity contribution is 8.00. The number of methoxy groups -OCH3 is 2. The van der Waals surface area contributed by atoms with E-state index in [0.29, 0.717) is 51.2 Å². The molecule has 2 unspecified atom stereocenters. The smallest absolute Gasteiger partial charge is 0.272 e. The number of ether oxygens (including phenoxy) is 2. The van der Waals surface area contributed by atoms with Crippen molar-refractivity contribution in [2.24, 2.45) is 5.92 Å². The zero-order valence-corrected chi connectivity index (χ0v) is 29.4. The van der Waals surface area contributed by atoms with Crippen molar-refractivity contribution in [2.45, 2.75) is 49.7 Å². The van der Waals surface area contributed by atoms with E-state index in [9.17, 15) is 19.6 Å². The van der Waals surface area contributed by atoms with Crippen LogP contribution in [-0.4, -0.2) is 37.2 Å². The lowest BCUT2D eigenvalue weighted by molar-refractivity contribution is -0.116. The number of nitriles is 1. The van der Waals surface area contributed by atoms with Gasteiger partial charge in [-0.1, -0.05) is 38.1 Å². The van der Waals surface area contributed by atoms with Gasteiger partial charge in [0.05, 0.1) is 25.0 Å². The first-order chi connectivity index (χ1) is 23.7. The number of amides is 3. The summed E-state index contributed by atoms with van der Waals surface area (Å²) in [5.74, 6) is 0.430. The van der Waals surface area contributed by atoms with Gasteiger partial charge in [0.15, 0.2) is 0 Å². The van der Waals surface area contributed by atoms with E-state index < -0.39 is 17.1 Å². The number of carbonyl (C=O) groups is 3. The van der Waals surface area contributed by atoms with E-state index in [0.717, 1.165) is 29.7 Å². The Balaban J connectivity index is 1.34. The van der Waals surface area contributed by atoms with Gasteiger partial charge in [0.2, 0.25) is 5.91 Å². The number of hydrogen-bond acceptors (Lipinski definition) is 8. The maximum absolute atomic E-state index is 13.7. The quantitative estimate of drug-likeness (QED) is 0.102. The Bertz CT molecular complexity index is 1910. The van der Waals surface area contributed by atoms with E-state index in [1.165, 1.54) is 35.1 Å². The molecule has 0 aliphatic heterocycles. The second-order valence-electron chi connectivity index (χ2n) is 11.6. The van der Waals surface area contributed by atoms with Crippen LogP contribution in [0.1, 0.15) is 58.6 Å². The summed E-state index contributed by atoms with van der Waals surface area (Å²) in [6.07, 6.45) is 4.92. The SMILES string of the molecule is CCC(Sc1cccc(NC(=O)/C(=C\c2ccc(OC)cc2OC)NC(=O)c2ccccc2)c1)C(=O)Nc1sc2c(c1C#N)CCC(C)C2. The van der Waals surface area contributed by atoms with Gasteiger partial charge in [-0.25, -0.2) is 0 Å². The van der Waals surface area contributed by atoms with Crippen LogP contribution in [0.25, 0.3) is 6.08 Å². The van der Waals surface area contributed by atoms with Crippen LogP contribution < -0.4 is 25.4 Å². The normalized spacial score (nSPS) is 14.5. The fraction of sp³-hybridized carbons (Fsp3) is 0.263. The minimum absolute atomic E-state index is 0.00234. The zero-order chi connectivity index (χ0) is 34.9. The third kappa shape index (κ3) is 8.71. The molecular formula is C38H38N4O5S2. The molecule has 3 amide bonds. The maximum Gasteiger partial charge on any atom is 0.272 e. The summed E-state index contributed by atoms with van der Waals surface area (Å²) in [4.78, 5) is 42.3. The van der Waals surface area contributed by atoms with Crippen molar-refractivity contribution in [1.82, 2.24) is 5.32 Å². The third-order valence-electron chi connectivity index (χ3n) is 8.16. The highest BCUT2D eigenvalue weighted by Gasteiger charge is 2.27. The van der Waals surface area contributed by atoms with Gasteiger partial charge in [0, 0.05) is 32.7 Å². The van der Waals surface area contributed by atoms with E-state index in [1.807, 2.05) is 13.0 Å². The van der Waals surface area contributed by atoms with Gasteiger partial charge in [-0.05, 0) is 85.7 Å². The molecule has 0 bridgehead atoms. The van der Waals surface area contributed by atoms with Crippen LogP contribution in [0, 0.1) is 17.2 Å². The molecular weight excluding hydrogens is 657 g/mol. The molecule has 9 nitrogen and oxygen atoms in total. The van der Waals surface area contributed by atoms with E-state index in [-0.39, 0.29) is 11.6 Å². The van der Waals surface area contributed by atoms with Crippen LogP contribution in [0.5, 0.6) is 11.5 Å². The van der Waals surface area contributed by atoms with Crippen molar-refractivity contribution < 1.29 is 23.9 Å². The van der Waals surface area contributed by atoms with Crippen LogP contribution in [0.2, 0.25) is 0 Å². The molecule has 3 N–H and O–H groups in total. The fourth-order valence-corrected chi connectivity index (χ4v) is 7.89. The van der Waals surface area contributed by atoms with E-state index >= 15 is 0 Å². The van der Waals surface area contributed by atoms with Crippen molar-refractivity contribution in [3.05, 3.63) is 106 Å². The monoisotopic (exact) mass is 694 g/mol. The summed E-state index contributed by atoms with van der Waals surface area (Å²) in [6.45, 7) is 4.15. The van der Waals surface area contributed by atoms with Crippen molar-refractivity contribution in [3.8, 4) is 17.6 Å². The summed E-state index contributed by atoms with van der Waals surface area (Å²) in [5, 5.41) is 18.7. The van der Waals surface area contributed by atoms with Crippen LogP contribution in [-0.2, 0) is 22.4 Å². The van der Waals surface area contributed by atoms with Gasteiger partial charge in [-0.2, -0.15) is 5.26 Å². The molecule has 1 aliphatic rings. The highest BCUT2D eigenvalue weighted by atomic mass is 32.2.